The molecule has 0 aliphatic heterocycles. The molecule has 0 saturated heterocycles. The number of halogens is 3. The second kappa shape index (κ2) is 4.16. The van der Waals surface area contributed by atoms with E-state index < -0.39 is 41.7 Å². The first-order valence-corrected chi connectivity index (χ1v) is 3.86. The van der Waals surface area contributed by atoms with E-state index >= 15 is 0 Å². The lowest BCUT2D eigenvalue weighted by Crippen LogP contribution is -2.10. The smallest absolute Gasteiger partial charge is 0.308 e. The second-order valence-electron chi connectivity index (χ2n) is 2.78. The minimum absolute atomic E-state index is 0.406. The van der Waals surface area contributed by atoms with Gasteiger partial charge in [0, 0.05) is 11.1 Å². The van der Waals surface area contributed by atoms with Crippen molar-refractivity contribution in [3.8, 4) is 0 Å². The van der Waals surface area contributed by atoms with Crippen molar-refractivity contribution < 1.29 is 23.1 Å². The maximum Gasteiger partial charge on any atom is 0.308 e. The van der Waals surface area contributed by atoms with E-state index in [-0.39, 0.29) is 0 Å². The summed E-state index contributed by atoms with van der Waals surface area (Å²) in [5, 5.41) is 8.40. The number of rotatable bonds is 3. The van der Waals surface area contributed by atoms with E-state index in [4.69, 9.17) is 10.8 Å². The van der Waals surface area contributed by atoms with Crippen LogP contribution in [0.25, 0.3) is 0 Å². The van der Waals surface area contributed by atoms with Crippen LogP contribution >= 0.6 is 0 Å². The molecule has 1 aromatic rings. The maximum atomic E-state index is 13.0. The highest BCUT2D eigenvalue weighted by Gasteiger charge is 2.20. The van der Waals surface area contributed by atoms with Crippen LogP contribution in [-0.4, -0.2) is 16.1 Å². The Balaban J connectivity index is 3.26. The summed E-state index contributed by atoms with van der Waals surface area (Å²) in [4.78, 5) is 13.4. The van der Waals surface area contributed by atoms with Gasteiger partial charge < -0.3 is 10.8 Å². The number of carbonyl (C=O) groups is 1. The Labute approximate surface area is 82.5 Å². The molecule has 15 heavy (non-hydrogen) atoms. The van der Waals surface area contributed by atoms with E-state index in [1.165, 1.54) is 0 Å². The molecule has 0 aliphatic carbocycles. The zero-order chi connectivity index (χ0) is 11.6. The van der Waals surface area contributed by atoms with E-state index in [2.05, 4.69) is 4.98 Å². The van der Waals surface area contributed by atoms with Gasteiger partial charge in [-0.25, -0.2) is 13.8 Å². The fourth-order valence-corrected chi connectivity index (χ4v) is 1.10. The molecule has 82 valence electrons. The largest absolute Gasteiger partial charge is 0.481 e. The summed E-state index contributed by atoms with van der Waals surface area (Å²) in [6, 6.07) is 0.770. The lowest BCUT2D eigenvalue weighted by molar-refractivity contribution is -0.136. The van der Waals surface area contributed by atoms with Gasteiger partial charge in [0.05, 0.1) is 6.42 Å². The maximum absolute atomic E-state index is 13.0. The highest BCUT2D eigenvalue weighted by Crippen LogP contribution is 2.26. The van der Waals surface area contributed by atoms with Gasteiger partial charge >= 0.3 is 5.97 Å². The van der Waals surface area contributed by atoms with Crippen LogP contribution in [0.5, 0.6) is 0 Å². The topological polar surface area (TPSA) is 76.2 Å². The average molecular weight is 220 g/mol. The Bertz CT molecular complexity index is 396. The van der Waals surface area contributed by atoms with Crippen molar-refractivity contribution in [2.75, 3.05) is 5.73 Å². The number of hydrogen-bond acceptors (Lipinski definition) is 3. The molecule has 0 saturated carbocycles. The first kappa shape index (κ1) is 11.3. The summed E-state index contributed by atoms with van der Waals surface area (Å²) < 4.78 is 37.8. The minimum atomic E-state index is -2.99. The molecule has 7 heteroatoms. The predicted octanol–water partition coefficient (Wildman–Crippen LogP) is 1.37. The number of carboxylic acids is 1. The van der Waals surface area contributed by atoms with Gasteiger partial charge in [-0.15, -0.1) is 0 Å². The molecular weight excluding hydrogens is 213 g/mol. The quantitative estimate of drug-likeness (QED) is 0.754. The molecule has 0 atom stereocenters. The first-order chi connectivity index (χ1) is 6.91. The number of nitrogen functional groups attached to an aromatic ring is 1. The van der Waals surface area contributed by atoms with Crippen molar-refractivity contribution in [3.63, 3.8) is 0 Å². The van der Waals surface area contributed by atoms with Crippen molar-refractivity contribution in [1.82, 2.24) is 4.98 Å². The van der Waals surface area contributed by atoms with Gasteiger partial charge in [-0.1, -0.05) is 0 Å². The van der Waals surface area contributed by atoms with E-state index in [1.807, 2.05) is 0 Å². The van der Waals surface area contributed by atoms with Gasteiger partial charge in [-0.3, -0.25) is 4.79 Å². The molecule has 1 aromatic heterocycles. The molecule has 0 bridgehead atoms. The van der Waals surface area contributed by atoms with E-state index in [0.29, 0.717) is 0 Å². The molecule has 1 heterocycles. The van der Waals surface area contributed by atoms with Crippen molar-refractivity contribution in [2.45, 2.75) is 12.8 Å². The van der Waals surface area contributed by atoms with Crippen molar-refractivity contribution in [3.05, 3.63) is 23.1 Å². The van der Waals surface area contributed by atoms with E-state index in [1.54, 1.807) is 0 Å². The Morgan fingerprint density at radius 3 is 2.67 bits per heavy atom. The monoisotopic (exact) mass is 220 g/mol. The summed E-state index contributed by atoms with van der Waals surface area (Å²) in [6.07, 6.45) is -3.84. The van der Waals surface area contributed by atoms with Crippen molar-refractivity contribution >= 4 is 11.8 Å². The Morgan fingerprint density at radius 1 is 1.60 bits per heavy atom. The predicted molar refractivity (Wildman–Crippen MR) is 44.9 cm³/mol. The van der Waals surface area contributed by atoms with Gasteiger partial charge in [0.2, 0.25) is 5.95 Å². The number of anilines is 1. The van der Waals surface area contributed by atoms with E-state index in [9.17, 15) is 18.0 Å². The van der Waals surface area contributed by atoms with Crippen LogP contribution in [0.2, 0.25) is 0 Å². The first-order valence-electron chi connectivity index (χ1n) is 3.86. The van der Waals surface area contributed by atoms with Crippen LogP contribution in [0.15, 0.2) is 6.07 Å². The summed E-state index contributed by atoms with van der Waals surface area (Å²) in [5.74, 6) is -3.09. The number of aromatic nitrogens is 1. The number of nitrogens with two attached hydrogens (primary N) is 1. The zero-order valence-electron chi connectivity index (χ0n) is 7.38. The molecular formula is C8H7F3N2O2. The average Bonchev–Trinajstić information content (AvgIpc) is 2.08. The Morgan fingerprint density at radius 2 is 2.20 bits per heavy atom. The number of pyridine rings is 1. The number of nitrogens with zero attached hydrogens (tertiary/aromatic N) is 1. The molecule has 0 radical (unpaired) electrons. The molecule has 4 nitrogen and oxygen atoms in total. The fourth-order valence-electron chi connectivity index (χ4n) is 1.10. The van der Waals surface area contributed by atoms with E-state index in [0.717, 1.165) is 6.07 Å². The lowest BCUT2D eigenvalue weighted by atomic mass is 10.1. The van der Waals surface area contributed by atoms with Gasteiger partial charge in [0.15, 0.2) is 0 Å². The van der Waals surface area contributed by atoms with Gasteiger partial charge in [-0.05, 0) is 6.07 Å². The van der Waals surface area contributed by atoms with Crippen LogP contribution in [0.4, 0.5) is 19.0 Å². The SMILES string of the molecule is Nc1cc(C(F)F)c(CC(=O)O)c(F)n1. The fraction of sp³-hybridized carbons (Fsp3) is 0.250. The van der Waals surface area contributed by atoms with Crippen LogP contribution in [0.1, 0.15) is 17.6 Å². The van der Waals surface area contributed by atoms with Gasteiger partial charge in [0.25, 0.3) is 6.43 Å². The van der Waals surface area contributed by atoms with Gasteiger partial charge in [-0.2, -0.15) is 4.39 Å². The third kappa shape index (κ3) is 2.58. The molecule has 0 aromatic carbocycles. The molecule has 1 rings (SSSR count). The molecule has 0 aliphatic rings. The third-order valence-corrected chi connectivity index (χ3v) is 1.69. The normalized spacial score (nSPS) is 10.7. The van der Waals surface area contributed by atoms with Crippen molar-refractivity contribution in [2.24, 2.45) is 0 Å². The number of hydrogen-bond donors (Lipinski definition) is 2. The summed E-state index contributed by atoms with van der Waals surface area (Å²) >= 11 is 0. The minimum Gasteiger partial charge on any atom is -0.481 e. The summed E-state index contributed by atoms with van der Waals surface area (Å²) in [5.41, 5.74) is 3.70. The lowest BCUT2D eigenvalue weighted by Gasteiger charge is -2.08. The highest BCUT2D eigenvalue weighted by molar-refractivity contribution is 5.71. The number of carboxylic acid groups (broad SMARTS) is 1. The van der Waals surface area contributed by atoms with Crippen LogP contribution < -0.4 is 5.73 Å². The molecule has 3 N–H and O–H groups in total. The number of alkyl halides is 2. The van der Waals surface area contributed by atoms with Crippen LogP contribution in [0.3, 0.4) is 0 Å². The zero-order valence-corrected chi connectivity index (χ0v) is 7.38. The highest BCUT2D eigenvalue weighted by atomic mass is 19.3. The Hall–Kier alpha value is -1.79. The molecule has 0 unspecified atom stereocenters. The van der Waals surface area contributed by atoms with Crippen molar-refractivity contribution in [1.29, 1.82) is 0 Å². The Kier molecular flexibility index (Phi) is 3.13. The summed E-state index contributed by atoms with van der Waals surface area (Å²) in [7, 11) is 0. The van der Waals surface area contributed by atoms with Crippen LogP contribution in [0, 0.1) is 5.95 Å². The molecule has 0 fully saturated rings. The molecule has 0 spiro atoms. The number of aliphatic carboxylic acids is 1. The van der Waals surface area contributed by atoms with Crippen LogP contribution in [-0.2, 0) is 11.2 Å². The second-order valence-corrected chi connectivity index (χ2v) is 2.78. The molecule has 0 amide bonds. The third-order valence-electron chi connectivity index (χ3n) is 1.69. The summed E-state index contributed by atoms with van der Waals surface area (Å²) in [6.45, 7) is 0. The van der Waals surface area contributed by atoms with Gasteiger partial charge in [0.1, 0.15) is 5.82 Å². The standard InChI is InChI=1S/C8H7F3N2O2/c9-7(10)3-1-5(12)13-8(11)4(3)2-6(14)15/h1,7H,2H2,(H2,12,13)(H,14,15).